The first-order valence-electron chi connectivity index (χ1n) is 10.4. The lowest BCUT2D eigenvalue weighted by Gasteiger charge is -2.06. The number of aromatic nitrogens is 8. The van der Waals surface area contributed by atoms with E-state index in [2.05, 4.69) is 37.6 Å². The van der Waals surface area contributed by atoms with Crippen LogP contribution in [0.1, 0.15) is 17.0 Å². The molecule has 0 unspecified atom stereocenters. The van der Waals surface area contributed by atoms with Gasteiger partial charge in [-0.3, -0.25) is 0 Å². The van der Waals surface area contributed by atoms with Gasteiger partial charge >= 0.3 is 6.01 Å². The van der Waals surface area contributed by atoms with Gasteiger partial charge in [-0.25, -0.2) is 9.67 Å². The van der Waals surface area contributed by atoms with E-state index in [9.17, 15) is 0 Å². The van der Waals surface area contributed by atoms with Gasteiger partial charge in [0.05, 0.1) is 6.54 Å². The summed E-state index contributed by atoms with van der Waals surface area (Å²) in [4.78, 5) is 4.52. The normalized spacial score (nSPS) is 11.4. The fourth-order valence-electron chi connectivity index (χ4n) is 3.69. The van der Waals surface area contributed by atoms with Crippen molar-refractivity contribution in [2.75, 3.05) is 0 Å². The molecule has 0 amide bonds. The Hall–Kier alpha value is -4.60. The van der Waals surface area contributed by atoms with Gasteiger partial charge in [-0.1, -0.05) is 64.9 Å². The highest BCUT2D eigenvalue weighted by Gasteiger charge is 2.19. The fourth-order valence-corrected chi connectivity index (χ4v) is 3.69. The zero-order valence-electron chi connectivity index (χ0n) is 17.7. The van der Waals surface area contributed by atoms with Crippen molar-refractivity contribution in [3.8, 4) is 17.5 Å². The lowest BCUT2D eigenvalue weighted by Crippen LogP contribution is -2.04. The van der Waals surface area contributed by atoms with Gasteiger partial charge in [0, 0.05) is 16.8 Å². The van der Waals surface area contributed by atoms with Crippen LogP contribution < -0.4 is 4.74 Å². The highest BCUT2D eigenvalue weighted by molar-refractivity contribution is 6.00. The van der Waals surface area contributed by atoms with Crippen LogP contribution in [0.5, 0.6) is 6.01 Å². The fraction of sp³-hybridized carbons (Fsp3) is 0.130. The third kappa shape index (κ3) is 3.57. The number of hydrogen-bond acceptors (Lipinski definition) is 8. The summed E-state index contributed by atoms with van der Waals surface area (Å²) in [6.07, 6.45) is 1.71. The zero-order valence-corrected chi connectivity index (χ0v) is 17.7. The average molecular weight is 438 g/mol. The Labute approximate surface area is 187 Å². The quantitative estimate of drug-likeness (QED) is 0.389. The van der Waals surface area contributed by atoms with E-state index in [1.54, 1.807) is 21.6 Å². The molecule has 0 atom stereocenters. The van der Waals surface area contributed by atoms with E-state index >= 15 is 0 Å². The minimum Gasteiger partial charge on any atom is -0.456 e. The van der Waals surface area contributed by atoms with Crippen molar-refractivity contribution < 1.29 is 9.26 Å². The predicted octanol–water partition coefficient (Wildman–Crippen LogP) is 3.46. The standard InChI is InChI=1S/C23H18N8O2/c1-15-11-17(29-33-15)13-32-23-26-25-22-19-10-6-5-9-18(19)20(27-31(22)23)21-24-14-30(28-21)12-16-7-3-2-4-8-16/h2-11,14H,12-13H2,1H3. The number of ether oxygens (including phenoxy) is 1. The van der Waals surface area contributed by atoms with E-state index in [0.29, 0.717) is 35.2 Å². The third-order valence-corrected chi connectivity index (χ3v) is 5.20. The number of hydrogen-bond donors (Lipinski definition) is 0. The predicted molar refractivity (Wildman–Crippen MR) is 118 cm³/mol. The first-order chi connectivity index (χ1) is 16.2. The van der Waals surface area contributed by atoms with Crippen LogP contribution in [-0.4, -0.2) is 39.7 Å². The molecular weight excluding hydrogens is 420 g/mol. The molecule has 6 rings (SSSR count). The third-order valence-electron chi connectivity index (χ3n) is 5.20. The molecule has 0 radical (unpaired) electrons. The molecule has 4 aromatic heterocycles. The number of rotatable bonds is 6. The molecule has 0 fully saturated rings. The molecular formula is C23H18N8O2. The molecule has 6 aromatic rings. The van der Waals surface area contributed by atoms with E-state index in [1.807, 2.05) is 49.4 Å². The van der Waals surface area contributed by atoms with E-state index in [-0.39, 0.29) is 12.6 Å². The molecule has 10 heteroatoms. The summed E-state index contributed by atoms with van der Waals surface area (Å²) >= 11 is 0. The number of fused-ring (bicyclic) bond motifs is 3. The molecule has 162 valence electrons. The summed E-state index contributed by atoms with van der Waals surface area (Å²) < 4.78 is 14.3. The highest BCUT2D eigenvalue weighted by atomic mass is 16.5. The maximum atomic E-state index is 5.84. The lowest BCUT2D eigenvalue weighted by atomic mass is 10.1. The smallest absolute Gasteiger partial charge is 0.339 e. The minimum absolute atomic E-state index is 0.186. The van der Waals surface area contributed by atoms with Gasteiger partial charge in [-0.05, 0) is 12.5 Å². The molecule has 0 saturated carbocycles. The van der Waals surface area contributed by atoms with Gasteiger partial charge in [0.15, 0.2) is 5.65 Å². The van der Waals surface area contributed by atoms with Crippen LogP contribution in [0.25, 0.3) is 27.9 Å². The number of benzene rings is 2. The molecule has 0 aliphatic heterocycles. The van der Waals surface area contributed by atoms with Crippen molar-refractivity contribution in [2.45, 2.75) is 20.1 Å². The van der Waals surface area contributed by atoms with Crippen molar-refractivity contribution >= 4 is 16.4 Å². The second-order valence-electron chi connectivity index (χ2n) is 7.58. The largest absolute Gasteiger partial charge is 0.456 e. The molecule has 0 aliphatic carbocycles. The van der Waals surface area contributed by atoms with Crippen LogP contribution in [0.2, 0.25) is 0 Å². The van der Waals surface area contributed by atoms with Crippen molar-refractivity contribution in [3.05, 3.63) is 84.0 Å². The van der Waals surface area contributed by atoms with Gasteiger partial charge < -0.3 is 9.26 Å². The van der Waals surface area contributed by atoms with Crippen LogP contribution >= 0.6 is 0 Å². The maximum Gasteiger partial charge on any atom is 0.339 e. The zero-order chi connectivity index (χ0) is 22.2. The molecule has 10 nitrogen and oxygen atoms in total. The Kier molecular flexibility index (Phi) is 4.53. The van der Waals surface area contributed by atoms with Crippen molar-refractivity contribution in [2.24, 2.45) is 0 Å². The summed E-state index contributed by atoms with van der Waals surface area (Å²) in [7, 11) is 0. The van der Waals surface area contributed by atoms with Gasteiger partial charge in [0.1, 0.15) is 30.1 Å². The monoisotopic (exact) mass is 438 g/mol. The van der Waals surface area contributed by atoms with Crippen LogP contribution in [0.4, 0.5) is 0 Å². The van der Waals surface area contributed by atoms with Gasteiger partial charge in [0.2, 0.25) is 5.82 Å². The van der Waals surface area contributed by atoms with Crippen LogP contribution in [-0.2, 0) is 13.2 Å². The lowest BCUT2D eigenvalue weighted by molar-refractivity contribution is 0.260. The summed E-state index contributed by atoms with van der Waals surface area (Å²) in [5.41, 5.74) is 3.00. The molecule has 0 aliphatic rings. The van der Waals surface area contributed by atoms with Crippen molar-refractivity contribution in [1.82, 2.24) is 39.7 Å². The van der Waals surface area contributed by atoms with Gasteiger partial charge in [-0.15, -0.1) is 10.2 Å². The second kappa shape index (κ2) is 7.83. The Bertz CT molecular complexity index is 1570. The number of aryl methyl sites for hydroxylation is 1. The molecule has 33 heavy (non-hydrogen) atoms. The molecule has 0 spiro atoms. The van der Waals surface area contributed by atoms with Crippen LogP contribution in [0.15, 0.2) is 71.5 Å². The molecule has 0 N–H and O–H groups in total. The molecule has 2 aromatic carbocycles. The summed E-state index contributed by atoms with van der Waals surface area (Å²) in [6, 6.07) is 20.0. The highest BCUT2D eigenvalue weighted by Crippen LogP contribution is 2.28. The van der Waals surface area contributed by atoms with Crippen molar-refractivity contribution in [1.29, 1.82) is 0 Å². The molecule has 0 saturated heterocycles. The van der Waals surface area contributed by atoms with Gasteiger partial charge in [0.25, 0.3) is 0 Å². The average Bonchev–Trinajstić information content (AvgIpc) is 3.58. The summed E-state index contributed by atoms with van der Waals surface area (Å²) in [6.45, 7) is 2.63. The first-order valence-corrected chi connectivity index (χ1v) is 10.4. The summed E-state index contributed by atoms with van der Waals surface area (Å²) in [5.74, 6) is 1.22. The Balaban J connectivity index is 1.40. The van der Waals surface area contributed by atoms with Crippen molar-refractivity contribution in [3.63, 3.8) is 0 Å². The Morgan fingerprint density at radius 1 is 0.939 bits per heavy atom. The maximum absolute atomic E-state index is 5.84. The van der Waals surface area contributed by atoms with E-state index in [0.717, 1.165) is 16.3 Å². The van der Waals surface area contributed by atoms with Gasteiger partial charge in [-0.2, -0.15) is 9.61 Å². The SMILES string of the molecule is Cc1cc(COc2nnc3c4ccccc4c(-c4ncn(Cc5ccccc5)n4)nn23)no1. The topological polar surface area (TPSA) is 109 Å². The van der Waals surface area contributed by atoms with E-state index in [1.165, 1.54) is 0 Å². The minimum atomic E-state index is 0.186. The molecule has 4 heterocycles. The van der Waals surface area contributed by atoms with Crippen LogP contribution in [0.3, 0.4) is 0 Å². The van der Waals surface area contributed by atoms with Crippen LogP contribution in [0, 0.1) is 6.92 Å². The molecule has 0 bridgehead atoms. The first kappa shape index (κ1) is 19.1. The van der Waals surface area contributed by atoms with E-state index < -0.39 is 0 Å². The number of nitrogens with zero attached hydrogens (tertiary/aromatic N) is 8. The Morgan fingerprint density at radius 2 is 1.76 bits per heavy atom. The second-order valence-corrected chi connectivity index (χ2v) is 7.58. The van der Waals surface area contributed by atoms with E-state index in [4.69, 9.17) is 14.4 Å². The summed E-state index contributed by atoms with van der Waals surface area (Å²) in [5, 5.41) is 23.6. The Morgan fingerprint density at radius 3 is 2.58 bits per heavy atom.